The van der Waals surface area contributed by atoms with Crippen LogP contribution in [0.15, 0.2) is 0 Å². The predicted molar refractivity (Wildman–Crippen MR) is 121 cm³/mol. The van der Waals surface area contributed by atoms with Crippen LogP contribution in [-0.4, -0.2) is 16.8 Å². The number of carbonyl (C=O) groups excluding carboxylic acids is 1. The van der Waals surface area contributed by atoms with Gasteiger partial charge in [-0.2, -0.15) is 25.3 Å². The molecule has 0 aliphatic heterocycles. The molecule has 3 heteroatoms. The second kappa shape index (κ2) is 11.4. The SMILES string of the molecule is CCCCCCCCCCCCCCC1(C2(C=O)CCC2S)CCC1S. The Bertz CT molecular complexity index is 413. The van der Waals surface area contributed by atoms with Gasteiger partial charge in [0.1, 0.15) is 6.29 Å². The Balaban J connectivity index is 1.55. The first-order valence-electron chi connectivity index (χ1n) is 11.5. The maximum Gasteiger partial charge on any atom is 0.127 e. The number of unbranched alkanes of at least 4 members (excludes halogenated alkanes) is 11. The van der Waals surface area contributed by atoms with Gasteiger partial charge in [0.05, 0.1) is 0 Å². The molecule has 2 saturated carbocycles. The minimum atomic E-state index is -0.168. The molecular weight excluding hydrogens is 356 g/mol. The minimum Gasteiger partial charge on any atom is -0.303 e. The van der Waals surface area contributed by atoms with Crippen molar-refractivity contribution in [3.63, 3.8) is 0 Å². The van der Waals surface area contributed by atoms with Crippen molar-refractivity contribution in [3.05, 3.63) is 0 Å². The molecule has 0 saturated heterocycles. The van der Waals surface area contributed by atoms with Gasteiger partial charge in [-0.3, -0.25) is 0 Å². The highest BCUT2D eigenvalue weighted by Gasteiger charge is 2.64. The molecule has 0 aromatic rings. The van der Waals surface area contributed by atoms with Crippen molar-refractivity contribution in [1.29, 1.82) is 0 Å². The molecule has 2 aliphatic carbocycles. The Kier molecular flexibility index (Phi) is 9.93. The predicted octanol–water partition coefficient (Wildman–Crippen LogP) is 7.43. The van der Waals surface area contributed by atoms with Gasteiger partial charge in [-0.25, -0.2) is 0 Å². The molecule has 2 fully saturated rings. The van der Waals surface area contributed by atoms with Crippen LogP contribution in [0, 0.1) is 10.8 Å². The average Bonchev–Trinajstić information content (AvgIpc) is 2.65. The normalized spacial score (nSPS) is 33.5. The Morgan fingerprint density at radius 2 is 1.27 bits per heavy atom. The van der Waals surface area contributed by atoms with Gasteiger partial charge in [-0.15, -0.1) is 0 Å². The van der Waals surface area contributed by atoms with Crippen molar-refractivity contribution in [3.8, 4) is 0 Å². The summed E-state index contributed by atoms with van der Waals surface area (Å²) in [6.45, 7) is 2.28. The van der Waals surface area contributed by atoms with Gasteiger partial charge >= 0.3 is 0 Å². The van der Waals surface area contributed by atoms with Gasteiger partial charge in [0.25, 0.3) is 0 Å². The fraction of sp³-hybridized carbons (Fsp3) is 0.957. The second-order valence-electron chi connectivity index (χ2n) is 9.06. The lowest BCUT2D eigenvalue weighted by Gasteiger charge is -2.64. The van der Waals surface area contributed by atoms with Crippen LogP contribution in [0.2, 0.25) is 0 Å². The molecule has 0 aromatic heterocycles. The Labute approximate surface area is 173 Å². The summed E-state index contributed by atoms with van der Waals surface area (Å²) in [5, 5.41) is 0.683. The quantitative estimate of drug-likeness (QED) is 0.166. The van der Waals surface area contributed by atoms with E-state index in [1.165, 1.54) is 103 Å². The van der Waals surface area contributed by atoms with E-state index in [9.17, 15) is 4.79 Å². The second-order valence-corrected chi connectivity index (χ2v) is 10.3. The lowest BCUT2D eigenvalue weighted by atomic mass is 9.44. The fourth-order valence-corrected chi connectivity index (χ4v) is 6.59. The van der Waals surface area contributed by atoms with Crippen LogP contribution in [0.25, 0.3) is 0 Å². The number of hydrogen-bond acceptors (Lipinski definition) is 3. The van der Waals surface area contributed by atoms with Crippen LogP contribution in [-0.2, 0) is 4.79 Å². The lowest BCUT2D eigenvalue weighted by Crippen LogP contribution is -2.63. The van der Waals surface area contributed by atoms with Gasteiger partial charge in [0, 0.05) is 15.9 Å². The summed E-state index contributed by atoms with van der Waals surface area (Å²) in [6, 6.07) is 0. The zero-order chi connectivity index (χ0) is 18.9. The first-order chi connectivity index (χ1) is 12.6. The molecule has 4 unspecified atom stereocenters. The summed E-state index contributed by atoms with van der Waals surface area (Å²) in [5.41, 5.74) is -0.0143. The Morgan fingerprint density at radius 1 is 0.769 bits per heavy atom. The molecule has 4 atom stereocenters. The van der Waals surface area contributed by atoms with E-state index in [-0.39, 0.29) is 16.1 Å². The van der Waals surface area contributed by atoms with Crippen LogP contribution in [0.3, 0.4) is 0 Å². The molecule has 1 nitrogen and oxygen atoms in total. The first-order valence-corrected chi connectivity index (χ1v) is 12.5. The van der Waals surface area contributed by atoms with Gasteiger partial charge in [-0.05, 0) is 37.5 Å². The van der Waals surface area contributed by atoms with E-state index in [0.717, 1.165) is 12.8 Å². The van der Waals surface area contributed by atoms with Gasteiger partial charge < -0.3 is 4.79 Å². The highest BCUT2D eigenvalue weighted by molar-refractivity contribution is 7.81. The van der Waals surface area contributed by atoms with Gasteiger partial charge in [0.2, 0.25) is 0 Å². The number of rotatable bonds is 15. The largest absolute Gasteiger partial charge is 0.303 e. The Hall–Kier alpha value is 0.370. The third kappa shape index (κ3) is 5.04. The third-order valence-electron chi connectivity index (χ3n) is 7.54. The first kappa shape index (κ1) is 22.7. The molecule has 0 aromatic carbocycles. The van der Waals surface area contributed by atoms with Crippen molar-refractivity contribution in [2.75, 3.05) is 0 Å². The van der Waals surface area contributed by atoms with Gasteiger partial charge in [0.15, 0.2) is 0 Å². The van der Waals surface area contributed by atoms with Crippen LogP contribution in [0.4, 0.5) is 0 Å². The summed E-state index contributed by atoms with van der Waals surface area (Å²) in [4.78, 5) is 11.9. The third-order valence-corrected chi connectivity index (χ3v) is 9.01. The molecule has 0 amide bonds. The minimum absolute atomic E-state index is 0.154. The molecular formula is C23H42OS2. The molecule has 2 aliphatic rings. The van der Waals surface area contributed by atoms with Crippen molar-refractivity contribution >= 4 is 31.5 Å². The molecule has 152 valence electrons. The summed E-state index contributed by atoms with van der Waals surface area (Å²) in [6.07, 6.45) is 23.6. The standard InChI is InChI=1S/C23H42OS2/c1-2-3-4-5-6-7-8-9-10-11-12-13-16-22(17-14-20(22)25)23(19-24)18-15-21(23)26/h19-21,25-26H,2-18H2,1H3. The summed E-state index contributed by atoms with van der Waals surface area (Å²) in [7, 11) is 0. The average molecular weight is 399 g/mol. The maximum absolute atomic E-state index is 11.9. The highest BCUT2D eigenvalue weighted by atomic mass is 32.1. The monoisotopic (exact) mass is 398 g/mol. The van der Waals surface area contributed by atoms with Crippen molar-refractivity contribution < 1.29 is 4.79 Å². The van der Waals surface area contributed by atoms with Gasteiger partial charge in [-0.1, -0.05) is 84.0 Å². The number of hydrogen-bond donors (Lipinski definition) is 2. The number of aldehydes is 1. The number of carbonyl (C=O) groups is 1. The molecule has 0 bridgehead atoms. The van der Waals surface area contributed by atoms with Crippen LogP contribution in [0.5, 0.6) is 0 Å². The Morgan fingerprint density at radius 3 is 1.58 bits per heavy atom. The van der Waals surface area contributed by atoms with E-state index in [0.29, 0.717) is 5.25 Å². The van der Waals surface area contributed by atoms with Crippen molar-refractivity contribution in [2.24, 2.45) is 10.8 Å². The lowest BCUT2D eigenvalue weighted by molar-refractivity contribution is -0.141. The van der Waals surface area contributed by atoms with E-state index in [2.05, 4.69) is 6.92 Å². The summed E-state index contributed by atoms with van der Waals surface area (Å²) >= 11 is 9.60. The van der Waals surface area contributed by atoms with E-state index in [1.54, 1.807) is 0 Å². The zero-order valence-electron chi connectivity index (χ0n) is 17.1. The molecule has 0 spiro atoms. The fourth-order valence-electron chi connectivity index (χ4n) is 5.39. The molecule has 2 rings (SSSR count). The molecule has 0 radical (unpaired) electrons. The topological polar surface area (TPSA) is 17.1 Å². The summed E-state index contributed by atoms with van der Waals surface area (Å²) < 4.78 is 0. The summed E-state index contributed by atoms with van der Waals surface area (Å²) in [5.74, 6) is 0. The van der Waals surface area contributed by atoms with E-state index >= 15 is 0 Å². The molecule has 0 N–H and O–H groups in total. The van der Waals surface area contributed by atoms with E-state index < -0.39 is 0 Å². The smallest absolute Gasteiger partial charge is 0.127 e. The zero-order valence-corrected chi connectivity index (χ0v) is 18.8. The van der Waals surface area contributed by atoms with Crippen molar-refractivity contribution in [2.45, 2.75) is 127 Å². The highest BCUT2D eigenvalue weighted by Crippen LogP contribution is 2.66. The van der Waals surface area contributed by atoms with Crippen molar-refractivity contribution in [1.82, 2.24) is 0 Å². The van der Waals surface area contributed by atoms with Crippen LogP contribution in [0.1, 0.15) is 116 Å². The number of thiol groups is 2. The maximum atomic E-state index is 11.9. The molecule has 0 heterocycles. The van der Waals surface area contributed by atoms with Crippen LogP contribution >= 0.6 is 25.3 Å². The van der Waals surface area contributed by atoms with E-state index in [4.69, 9.17) is 25.3 Å². The van der Waals surface area contributed by atoms with Crippen LogP contribution < -0.4 is 0 Å². The van der Waals surface area contributed by atoms with E-state index in [1.807, 2.05) is 0 Å². The molecule has 26 heavy (non-hydrogen) atoms.